The van der Waals surface area contributed by atoms with Crippen LogP contribution in [0.15, 0.2) is 46.9 Å². The van der Waals surface area contributed by atoms with E-state index in [1.165, 1.54) is 6.07 Å². The van der Waals surface area contributed by atoms with Gasteiger partial charge < -0.3 is 20.5 Å². The number of alkyl carbamates (subject to hydrolysis) is 1. The smallest absolute Gasteiger partial charge is 0.407 e. The lowest BCUT2D eigenvalue weighted by atomic mass is 10.1. The number of rotatable bonds is 7. The van der Waals surface area contributed by atoms with E-state index < -0.39 is 17.7 Å². The summed E-state index contributed by atoms with van der Waals surface area (Å²) in [6, 6.07) is 12.0. The second-order valence-corrected chi connectivity index (χ2v) is 8.91. The van der Waals surface area contributed by atoms with Crippen LogP contribution in [0.2, 0.25) is 5.02 Å². The van der Waals surface area contributed by atoms with Gasteiger partial charge in [-0.25, -0.2) is 9.59 Å². The van der Waals surface area contributed by atoms with E-state index in [4.69, 9.17) is 16.3 Å². The van der Waals surface area contributed by atoms with Crippen LogP contribution in [-0.2, 0) is 11.2 Å². The molecule has 8 heteroatoms. The number of carboxylic acid groups (broad SMARTS) is 1. The van der Waals surface area contributed by atoms with Crippen molar-refractivity contribution in [1.82, 2.24) is 5.32 Å². The predicted molar refractivity (Wildman–Crippen MR) is 118 cm³/mol. The van der Waals surface area contributed by atoms with Crippen LogP contribution >= 0.6 is 27.5 Å². The molecule has 2 aromatic carbocycles. The third kappa shape index (κ3) is 7.95. The summed E-state index contributed by atoms with van der Waals surface area (Å²) >= 11 is 9.35. The minimum absolute atomic E-state index is 0.137. The van der Waals surface area contributed by atoms with E-state index in [0.29, 0.717) is 28.1 Å². The molecule has 1 unspecified atom stereocenters. The molecule has 0 aliphatic carbocycles. The molecule has 2 rings (SSSR count). The molecule has 1 amide bonds. The molecule has 0 aliphatic rings. The molecule has 0 aromatic heterocycles. The zero-order valence-electron chi connectivity index (χ0n) is 16.5. The molecule has 156 valence electrons. The van der Waals surface area contributed by atoms with E-state index in [2.05, 4.69) is 26.6 Å². The Labute approximate surface area is 183 Å². The molecular weight excluding hydrogens is 460 g/mol. The Hall–Kier alpha value is -2.25. The van der Waals surface area contributed by atoms with Crippen molar-refractivity contribution in [2.45, 2.75) is 38.8 Å². The van der Waals surface area contributed by atoms with Gasteiger partial charge in [-0.15, -0.1) is 0 Å². The van der Waals surface area contributed by atoms with Gasteiger partial charge in [0.1, 0.15) is 5.60 Å². The largest absolute Gasteiger partial charge is 0.478 e. The molecule has 0 fully saturated rings. The average molecular weight is 484 g/mol. The average Bonchev–Trinajstić information content (AvgIpc) is 2.58. The zero-order valence-corrected chi connectivity index (χ0v) is 18.8. The fraction of sp³-hybridized carbons (Fsp3) is 0.333. The van der Waals surface area contributed by atoms with Gasteiger partial charge in [-0.05, 0) is 63.1 Å². The molecule has 0 bridgehead atoms. The van der Waals surface area contributed by atoms with Gasteiger partial charge >= 0.3 is 12.1 Å². The first-order valence-electron chi connectivity index (χ1n) is 9.04. The van der Waals surface area contributed by atoms with E-state index in [9.17, 15) is 14.7 Å². The fourth-order valence-corrected chi connectivity index (χ4v) is 3.25. The Morgan fingerprint density at radius 3 is 2.55 bits per heavy atom. The Morgan fingerprint density at radius 2 is 1.93 bits per heavy atom. The molecule has 3 N–H and O–H groups in total. The van der Waals surface area contributed by atoms with E-state index >= 15 is 0 Å². The van der Waals surface area contributed by atoms with Crippen LogP contribution in [0.1, 0.15) is 36.7 Å². The molecule has 2 aromatic rings. The van der Waals surface area contributed by atoms with Gasteiger partial charge in [0.25, 0.3) is 0 Å². The number of hydrogen-bond acceptors (Lipinski definition) is 4. The van der Waals surface area contributed by atoms with Gasteiger partial charge in [0.2, 0.25) is 0 Å². The molecule has 29 heavy (non-hydrogen) atoms. The molecule has 6 nitrogen and oxygen atoms in total. The number of carbonyl (C=O) groups excluding carboxylic acids is 1. The first-order valence-corrected chi connectivity index (χ1v) is 10.2. The maximum absolute atomic E-state index is 12.3. The van der Waals surface area contributed by atoms with Crippen LogP contribution in [-0.4, -0.2) is 35.4 Å². The highest BCUT2D eigenvalue weighted by Crippen LogP contribution is 2.21. The van der Waals surface area contributed by atoms with Crippen LogP contribution < -0.4 is 10.6 Å². The molecular formula is C21H24BrClN2O4. The number of carbonyl (C=O) groups is 2. The van der Waals surface area contributed by atoms with Crippen molar-refractivity contribution in [2.75, 3.05) is 11.9 Å². The third-order valence-electron chi connectivity index (χ3n) is 3.84. The summed E-state index contributed by atoms with van der Waals surface area (Å²) in [5, 5.41) is 16.0. The normalized spacial score (nSPS) is 12.2. The number of aromatic carboxylic acids is 1. The Bertz CT molecular complexity index is 883. The maximum atomic E-state index is 12.3. The van der Waals surface area contributed by atoms with Gasteiger partial charge in [0.15, 0.2) is 0 Å². The fourth-order valence-electron chi connectivity index (χ4n) is 2.68. The molecule has 0 saturated heterocycles. The van der Waals surface area contributed by atoms with Crippen molar-refractivity contribution in [2.24, 2.45) is 0 Å². The molecule has 0 aliphatic heterocycles. The third-order valence-corrected chi connectivity index (χ3v) is 4.57. The Balaban J connectivity index is 2.16. The van der Waals surface area contributed by atoms with Crippen LogP contribution in [0.3, 0.4) is 0 Å². The molecule has 0 spiro atoms. The van der Waals surface area contributed by atoms with E-state index in [1.807, 2.05) is 18.2 Å². The number of anilines is 1. The minimum Gasteiger partial charge on any atom is -0.478 e. The molecule has 1 atom stereocenters. The SMILES string of the molecule is CC(C)(C)OC(=O)NC(CNc1ccc(Br)cc1C(=O)O)Cc1cccc(Cl)c1. The number of halogens is 2. The van der Waals surface area contributed by atoms with Gasteiger partial charge in [-0.3, -0.25) is 0 Å². The molecule has 0 radical (unpaired) electrons. The van der Waals surface area contributed by atoms with Crippen LogP contribution in [0, 0.1) is 0 Å². The summed E-state index contributed by atoms with van der Waals surface area (Å²) in [5.41, 5.74) is 0.913. The number of hydrogen-bond donors (Lipinski definition) is 3. The predicted octanol–water partition coefficient (Wildman–Crippen LogP) is 5.35. The minimum atomic E-state index is -1.04. The van der Waals surface area contributed by atoms with E-state index in [0.717, 1.165) is 5.56 Å². The van der Waals surface area contributed by atoms with Crippen molar-refractivity contribution in [1.29, 1.82) is 0 Å². The van der Waals surface area contributed by atoms with E-state index in [1.54, 1.807) is 39.0 Å². The van der Waals surface area contributed by atoms with Crippen LogP contribution in [0.4, 0.5) is 10.5 Å². The highest BCUT2D eigenvalue weighted by atomic mass is 79.9. The van der Waals surface area contributed by atoms with Gasteiger partial charge in [0, 0.05) is 21.7 Å². The first kappa shape index (κ1) is 23.0. The lowest BCUT2D eigenvalue weighted by Gasteiger charge is -2.24. The molecule has 0 heterocycles. The quantitative estimate of drug-likeness (QED) is 0.494. The van der Waals surface area contributed by atoms with Crippen molar-refractivity contribution < 1.29 is 19.4 Å². The lowest BCUT2D eigenvalue weighted by molar-refractivity contribution is 0.0506. The standard InChI is InChI=1S/C21H24BrClN2O4/c1-21(2,3)29-20(28)25-16(10-13-5-4-6-15(23)9-13)12-24-18-8-7-14(22)11-17(18)19(26)27/h4-9,11,16,24H,10,12H2,1-3H3,(H,25,28)(H,26,27). The van der Waals surface area contributed by atoms with Crippen molar-refractivity contribution in [3.05, 3.63) is 63.1 Å². The zero-order chi connectivity index (χ0) is 21.6. The first-order chi connectivity index (χ1) is 13.5. The lowest BCUT2D eigenvalue weighted by Crippen LogP contribution is -2.43. The van der Waals surface area contributed by atoms with Gasteiger partial charge in [0.05, 0.1) is 11.6 Å². The van der Waals surface area contributed by atoms with E-state index in [-0.39, 0.29) is 11.6 Å². The van der Waals surface area contributed by atoms with Crippen molar-refractivity contribution in [3.63, 3.8) is 0 Å². The second kappa shape index (κ2) is 9.98. The summed E-state index contributed by atoms with van der Waals surface area (Å²) in [6.45, 7) is 5.67. The van der Waals surface area contributed by atoms with Crippen LogP contribution in [0.5, 0.6) is 0 Å². The number of benzene rings is 2. The summed E-state index contributed by atoms with van der Waals surface area (Å²) in [7, 11) is 0. The van der Waals surface area contributed by atoms with Gasteiger partial charge in [-0.1, -0.05) is 39.7 Å². The number of ether oxygens (including phenoxy) is 1. The topological polar surface area (TPSA) is 87.7 Å². The highest BCUT2D eigenvalue weighted by molar-refractivity contribution is 9.10. The van der Waals surface area contributed by atoms with Crippen molar-refractivity contribution >= 4 is 45.3 Å². The Morgan fingerprint density at radius 1 is 1.21 bits per heavy atom. The number of carboxylic acids is 1. The van der Waals surface area contributed by atoms with Gasteiger partial charge in [-0.2, -0.15) is 0 Å². The summed E-state index contributed by atoms with van der Waals surface area (Å²) in [6.07, 6.45) is -0.0493. The summed E-state index contributed by atoms with van der Waals surface area (Å²) in [4.78, 5) is 23.8. The van der Waals surface area contributed by atoms with Crippen molar-refractivity contribution in [3.8, 4) is 0 Å². The number of amides is 1. The Kier molecular flexibility index (Phi) is 7.93. The summed E-state index contributed by atoms with van der Waals surface area (Å²) < 4.78 is 6.02. The highest BCUT2D eigenvalue weighted by Gasteiger charge is 2.20. The molecule has 0 saturated carbocycles. The summed E-state index contributed by atoms with van der Waals surface area (Å²) in [5.74, 6) is -1.04. The number of nitrogens with one attached hydrogen (secondary N) is 2. The maximum Gasteiger partial charge on any atom is 0.407 e. The monoisotopic (exact) mass is 482 g/mol. The van der Waals surface area contributed by atoms with Crippen LogP contribution in [0.25, 0.3) is 0 Å². The second-order valence-electron chi connectivity index (χ2n) is 7.55.